The minimum absolute atomic E-state index is 0.256. The summed E-state index contributed by atoms with van der Waals surface area (Å²) in [5.41, 5.74) is 0.640. The highest BCUT2D eigenvalue weighted by Crippen LogP contribution is 2.29. The lowest BCUT2D eigenvalue weighted by Gasteiger charge is -2.25. The van der Waals surface area contributed by atoms with Crippen LogP contribution in [0.2, 0.25) is 4.34 Å². The van der Waals surface area contributed by atoms with Crippen molar-refractivity contribution in [3.05, 3.63) is 16.5 Å². The highest BCUT2D eigenvalue weighted by Gasteiger charge is 2.29. The van der Waals surface area contributed by atoms with Gasteiger partial charge in [0.2, 0.25) is 0 Å². The summed E-state index contributed by atoms with van der Waals surface area (Å²) in [7, 11) is -3.44. The van der Waals surface area contributed by atoms with Crippen LogP contribution < -0.4 is 0 Å². The average Bonchev–Trinajstić information content (AvgIpc) is 2.77. The van der Waals surface area contributed by atoms with Crippen LogP contribution in [0.5, 0.6) is 0 Å². The van der Waals surface area contributed by atoms with Crippen LogP contribution in [0.1, 0.15) is 12.8 Å². The zero-order valence-corrected chi connectivity index (χ0v) is 11.2. The van der Waals surface area contributed by atoms with Crippen LogP contribution in [0, 0.1) is 0 Å². The fourth-order valence-electron chi connectivity index (χ4n) is 1.65. The van der Waals surface area contributed by atoms with Crippen molar-refractivity contribution in [2.24, 2.45) is 5.16 Å². The fraction of sp³-hybridized carbons (Fsp3) is 0.444. The highest BCUT2D eigenvalue weighted by molar-refractivity contribution is 7.91. The third-order valence-corrected chi connectivity index (χ3v) is 6.18. The standard InChI is InChI=1S/C9H11ClN2O3S2/c10-8-1-2-9(16-8)17(14,15)12-5-3-7(11-13)4-6-12/h1-2,13H,3-6H2. The van der Waals surface area contributed by atoms with Gasteiger partial charge in [0.25, 0.3) is 10.0 Å². The number of hydrogen-bond acceptors (Lipinski definition) is 5. The number of piperidine rings is 1. The Morgan fingerprint density at radius 3 is 2.47 bits per heavy atom. The van der Waals surface area contributed by atoms with Crippen molar-refractivity contribution in [2.75, 3.05) is 13.1 Å². The summed E-state index contributed by atoms with van der Waals surface area (Å²) in [5.74, 6) is 0. The minimum atomic E-state index is -3.44. The van der Waals surface area contributed by atoms with Crippen LogP contribution in [-0.4, -0.2) is 36.7 Å². The lowest BCUT2D eigenvalue weighted by atomic mass is 10.1. The molecule has 1 aromatic heterocycles. The second-order valence-electron chi connectivity index (χ2n) is 3.63. The Kier molecular flexibility index (Phi) is 3.72. The van der Waals surface area contributed by atoms with E-state index < -0.39 is 10.0 Å². The van der Waals surface area contributed by atoms with Gasteiger partial charge in [0, 0.05) is 25.9 Å². The lowest BCUT2D eigenvalue weighted by molar-refractivity contribution is 0.310. The van der Waals surface area contributed by atoms with E-state index in [1.54, 1.807) is 6.07 Å². The molecule has 1 aliphatic rings. The van der Waals surface area contributed by atoms with Crippen molar-refractivity contribution in [1.82, 2.24) is 4.31 Å². The van der Waals surface area contributed by atoms with E-state index in [0.29, 0.717) is 36.0 Å². The molecule has 2 rings (SSSR count). The van der Waals surface area contributed by atoms with E-state index in [2.05, 4.69) is 5.16 Å². The van der Waals surface area contributed by atoms with Crippen LogP contribution in [0.25, 0.3) is 0 Å². The summed E-state index contributed by atoms with van der Waals surface area (Å²) in [6, 6.07) is 3.08. The molecular weight excluding hydrogens is 284 g/mol. The summed E-state index contributed by atoms with van der Waals surface area (Å²) in [6.45, 7) is 0.689. The number of halogens is 1. The Bertz CT molecular complexity index is 528. The van der Waals surface area contributed by atoms with E-state index in [4.69, 9.17) is 16.8 Å². The molecule has 1 saturated heterocycles. The van der Waals surface area contributed by atoms with E-state index in [1.165, 1.54) is 10.4 Å². The minimum Gasteiger partial charge on any atom is -0.411 e. The Hall–Kier alpha value is -0.630. The second-order valence-corrected chi connectivity index (χ2v) is 7.51. The van der Waals surface area contributed by atoms with Crippen molar-refractivity contribution in [3.8, 4) is 0 Å². The topological polar surface area (TPSA) is 70.0 Å². The van der Waals surface area contributed by atoms with E-state index >= 15 is 0 Å². The summed E-state index contributed by atoms with van der Waals surface area (Å²) in [5, 5.41) is 11.7. The van der Waals surface area contributed by atoms with Gasteiger partial charge in [0.1, 0.15) is 4.21 Å². The summed E-state index contributed by atoms with van der Waals surface area (Å²) >= 11 is 6.79. The van der Waals surface area contributed by atoms with Crippen LogP contribution >= 0.6 is 22.9 Å². The number of nitrogens with zero attached hydrogens (tertiary/aromatic N) is 2. The van der Waals surface area contributed by atoms with Crippen molar-refractivity contribution >= 4 is 38.7 Å². The van der Waals surface area contributed by atoms with Crippen molar-refractivity contribution in [2.45, 2.75) is 17.1 Å². The van der Waals surface area contributed by atoms with Crippen LogP contribution in [0.4, 0.5) is 0 Å². The molecule has 0 aliphatic carbocycles. The highest BCUT2D eigenvalue weighted by atomic mass is 35.5. The smallest absolute Gasteiger partial charge is 0.252 e. The Morgan fingerprint density at radius 2 is 2.00 bits per heavy atom. The lowest BCUT2D eigenvalue weighted by Crippen LogP contribution is -2.38. The molecule has 0 saturated carbocycles. The van der Waals surface area contributed by atoms with Crippen LogP contribution in [-0.2, 0) is 10.0 Å². The zero-order chi connectivity index (χ0) is 12.5. The van der Waals surface area contributed by atoms with Crippen molar-refractivity contribution in [3.63, 3.8) is 0 Å². The number of rotatable bonds is 2. The van der Waals surface area contributed by atoms with E-state index in [0.717, 1.165) is 11.3 Å². The molecule has 1 aromatic rings. The molecule has 1 aliphatic heterocycles. The van der Waals surface area contributed by atoms with Gasteiger partial charge in [-0.2, -0.15) is 4.31 Å². The van der Waals surface area contributed by atoms with Gasteiger partial charge in [-0.1, -0.05) is 16.8 Å². The number of thiophene rings is 1. The van der Waals surface area contributed by atoms with Gasteiger partial charge in [0.05, 0.1) is 10.0 Å². The molecule has 94 valence electrons. The quantitative estimate of drug-likeness (QED) is 0.670. The second kappa shape index (κ2) is 4.93. The van der Waals surface area contributed by atoms with Gasteiger partial charge in [-0.3, -0.25) is 0 Å². The maximum Gasteiger partial charge on any atom is 0.252 e. The van der Waals surface area contributed by atoms with Gasteiger partial charge in [-0.05, 0) is 12.1 Å². The molecule has 0 unspecified atom stereocenters. The Balaban J connectivity index is 2.18. The molecule has 1 fully saturated rings. The van der Waals surface area contributed by atoms with Gasteiger partial charge < -0.3 is 5.21 Å². The van der Waals surface area contributed by atoms with Gasteiger partial charge >= 0.3 is 0 Å². The van der Waals surface area contributed by atoms with Gasteiger partial charge in [0.15, 0.2) is 0 Å². The molecule has 0 radical (unpaired) electrons. The maximum absolute atomic E-state index is 12.2. The SMILES string of the molecule is O=S(=O)(c1ccc(Cl)s1)N1CCC(=NO)CC1. The summed E-state index contributed by atoms with van der Waals surface area (Å²) < 4.78 is 26.4. The van der Waals surface area contributed by atoms with Crippen molar-refractivity contribution < 1.29 is 13.6 Å². The first-order valence-electron chi connectivity index (χ1n) is 4.99. The third-order valence-electron chi connectivity index (χ3n) is 2.58. The summed E-state index contributed by atoms with van der Waals surface area (Å²) in [6.07, 6.45) is 0.934. The first-order chi connectivity index (χ1) is 8.04. The molecular formula is C9H11ClN2O3S2. The molecule has 0 bridgehead atoms. The molecule has 0 amide bonds. The molecule has 1 N–H and O–H groups in total. The monoisotopic (exact) mass is 294 g/mol. The van der Waals surface area contributed by atoms with Crippen molar-refractivity contribution in [1.29, 1.82) is 0 Å². The molecule has 2 heterocycles. The largest absolute Gasteiger partial charge is 0.411 e. The first kappa shape index (κ1) is 12.8. The zero-order valence-electron chi connectivity index (χ0n) is 8.84. The number of oxime groups is 1. The van der Waals surface area contributed by atoms with E-state index in [-0.39, 0.29) is 4.21 Å². The summed E-state index contributed by atoms with van der Waals surface area (Å²) in [4.78, 5) is 0. The van der Waals surface area contributed by atoms with Gasteiger partial charge in [-0.25, -0.2) is 8.42 Å². The number of sulfonamides is 1. The Labute approximate surface area is 108 Å². The van der Waals surface area contributed by atoms with Crippen LogP contribution in [0.3, 0.4) is 0 Å². The molecule has 0 aromatic carbocycles. The average molecular weight is 295 g/mol. The molecule has 0 spiro atoms. The molecule has 5 nitrogen and oxygen atoms in total. The van der Waals surface area contributed by atoms with E-state index in [1.807, 2.05) is 0 Å². The third kappa shape index (κ3) is 2.62. The van der Waals surface area contributed by atoms with Crippen LogP contribution in [0.15, 0.2) is 21.5 Å². The molecule has 0 atom stereocenters. The predicted octanol–water partition coefficient (Wildman–Crippen LogP) is 2.02. The maximum atomic E-state index is 12.2. The normalized spacial score (nSPS) is 18.3. The molecule has 17 heavy (non-hydrogen) atoms. The van der Waals surface area contributed by atoms with Gasteiger partial charge in [-0.15, -0.1) is 11.3 Å². The predicted molar refractivity (Wildman–Crippen MR) is 66.5 cm³/mol. The fourth-order valence-corrected chi connectivity index (χ4v) is 4.73. The van der Waals surface area contributed by atoms with E-state index in [9.17, 15) is 8.42 Å². The molecule has 8 heteroatoms. The first-order valence-corrected chi connectivity index (χ1v) is 7.63. The Morgan fingerprint density at radius 1 is 1.35 bits per heavy atom. The number of hydrogen-bond donors (Lipinski definition) is 1.